The topological polar surface area (TPSA) is 50.4 Å². The molecule has 0 aromatic heterocycles. The molecular weight excluding hydrogens is 276 g/mol. The van der Waals surface area contributed by atoms with E-state index in [0.717, 1.165) is 37.2 Å². The standard InChI is InChI=1S/C15H22N2O2.ClH/c1-11(2)19-13-8-6-12(7-9-13)17-15(18)14-5-3-4-10-16-14;/h6-9,11,14,16H,3-5,10H2,1-2H3,(H,17,18);1H/t14-;/m0./s1. The van der Waals surface area contributed by atoms with Crippen LogP contribution in [0.2, 0.25) is 0 Å². The van der Waals surface area contributed by atoms with Gasteiger partial charge in [-0.3, -0.25) is 4.79 Å². The van der Waals surface area contributed by atoms with Gasteiger partial charge in [-0.25, -0.2) is 0 Å². The predicted octanol–water partition coefficient (Wildman–Crippen LogP) is 2.98. The molecule has 0 radical (unpaired) electrons. The van der Waals surface area contributed by atoms with E-state index < -0.39 is 0 Å². The molecule has 1 fully saturated rings. The van der Waals surface area contributed by atoms with Crippen LogP contribution < -0.4 is 15.4 Å². The zero-order chi connectivity index (χ0) is 13.7. The van der Waals surface area contributed by atoms with Crippen LogP contribution in [0.25, 0.3) is 0 Å². The molecule has 0 bridgehead atoms. The maximum atomic E-state index is 12.0. The first-order valence-electron chi connectivity index (χ1n) is 6.96. The highest BCUT2D eigenvalue weighted by molar-refractivity contribution is 5.94. The van der Waals surface area contributed by atoms with Crippen LogP contribution in [0, 0.1) is 0 Å². The minimum Gasteiger partial charge on any atom is -0.491 e. The number of nitrogens with one attached hydrogen (secondary N) is 2. The van der Waals surface area contributed by atoms with E-state index in [1.54, 1.807) is 0 Å². The van der Waals surface area contributed by atoms with Crippen LogP contribution in [0.15, 0.2) is 24.3 Å². The summed E-state index contributed by atoms with van der Waals surface area (Å²) in [5, 5.41) is 6.18. The van der Waals surface area contributed by atoms with Crippen molar-refractivity contribution in [2.75, 3.05) is 11.9 Å². The fraction of sp³-hybridized carbons (Fsp3) is 0.533. The number of hydrogen-bond donors (Lipinski definition) is 2. The van der Waals surface area contributed by atoms with E-state index in [2.05, 4.69) is 10.6 Å². The minimum atomic E-state index is -0.0552. The summed E-state index contributed by atoms with van der Waals surface area (Å²) in [4.78, 5) is 12.0. The Morgan fingerprint density at radius 3 is 2.55 bits per heavy atom. The molecule has 0 spiro atoms. The molecule has 1 aliphatic rings. The Balaban J connectivity index is 0.00000200. The van der Waals surface area contributed by atoms with Gasteiger partial charge in [0.25, 0.3) is 0 Å². The van der Waals surface area contributed by atoms with Crippen molar-refractivity contribution < 1.29 is 9.53 Å². The van der Waals surface area contributed by atoms with Crippen LogP contribution in [-0.2, 0) is 4.79 Å². The Morgan fingerprint density at radius 1 is 1.30 bits per heavy atom. The molecule has 112 valence electrons. The molecular formula is C15H23ClN2O2. The van der Waals surface area contributed by atoms with E-state index in [4.69, 9.17) is 4.74 Å². The highest BCUT2D eigenvalue weighted by Gasteiger charge is 2.20. The van der Waals surface area contributed by atoms with E-state index in [1.807, 2.05) is 38.1 Å². The molecule has 1 saturated heterocycles. The zero-order valence-corrected chi connectivity index (χ0v) is 12.8. The summed E-state index contributed by atoms with van der Waals surface area (Å²) in [7, 11) is 0. The summed E-state index contributed by atoms with van der Waals surface area (Å²) >= 11 is 0. The second-order valence-corrected chi connectivity index (χ2v) is 5.18. The van der Waals surface area contributed by atoms with Gasteiger partial charge >= 0.3 is 0 Å². The average Bonchev–Trinajstić information content (AvgIpc) is 2.41. The Morgan fingerprint density at radius 2 is 2.00 bits per heavy atom. The minimum absolute atomic E-state index is 0. The Kier molecular flexibility index (Phi) is 6.82. The molecule has 2 N–H and O–H groups in total. The van der Waals surface area contributed by atoms with Crippen molar-refractivity contribution in [2.24, 2.45) is 0 Å². The normalized spacial score (nSPS) is 18.2. The first-order chi connectivity index (χ1) is 9.15. The number of ether oxygens (including phenoxy) is 1. The van der Waals surface area contributed by atoms with Crippen molar-refractivity contribution >= 4 is 24.0 Å². The highest BCUT2D eigenvalue weighted by atomic mass is 35.5. The Hall–Kier alpha value is -1.26. The monoisotopic (exact) mass is 298 g/mol. The Labute approximate surface area is 126 Å². The van der Waals surface area contributed by atoms with E-state index >= 15 is 0 Å². The number of carbonyl (C=O) groups excluding carboxylic acids is 1. The lowest BCUT2D eigenvalue weighted by Crippen LogP contribution is -2.43. The SMILES string of the molecule is CC(C)Oc1ccc(NC(=O)[C@@H]2CCCCN2)cc1.Cl. The summed E-state index contributed by atoms with van der Waals surface area (Å²) in [5.74, 6) is 0.876. The molecule has 0 saturated carbocycles. The number of anilines is 1. The summed E-state index contributed by atoms with van der Waals surface area (Å²) in [6.07, 6.45) is 3.35. The fourth-order valence-corrected chi connectivity index (χ4v) is 2.19. The third-order valence-corrected chi connectivity index (χ3v) is 3.12. The predicted molar refractivity (Wildman–Crippen MR) is 83.7 cm³/mol. The number of piperidine rings is 1. The van der Waals surface area contributed by atoms with Crippen molar-refractivity contribution in [2.45, 2.75) is 45.3 Å². The van der Waals surface area contributed by atoms with Gasteiger partial charge in [-0.1, -0.05) is 6.42 Å². The molecule has 1 amide bonds. The van der Waals surface area contributed by atoms with E-state index in [1.165, 1.54) is 0 Å². The number of halogens is 1. The third kappa shape index (κ3) is 5.02. The van der Waals surface area contributed by atoms with Crippen LogP contribution in [0.5, 0.6) is 5.75 Å². The molecule has 1 atom stereocenters. The second-order valence-electron chi connectivity index (χ2n) is 5.18. The largest absolute Gasteiger partial charge is 0.491 e. The van der Waals surface area contributed by atoms with Crippen LogP contribution in [0.1, 0.15) is 33.1 Å². The van der Waals surface area contributed by atoms with E-state index in [-0.39, 0.29) is 30.5 Å². The fourth-order valence-electron chi connectivity index (χ4n) is 2.19. The first kappa shape index (κ1) is 16.8. The lowest BCUT2D eigenvalue weighted by atomic mass is 10.0. The molecule has 5 heteroatoms. The van der Waals surface area contributed by atoms with Gasteiger partial charge in [0.1, 0.15) is 5.75 Å². The van der Waals surface area contributed by atoms with Gasteiger partial charge in [0.05, 0.1) is 12.1 Å². The van der Waals surface area contributed by atoms with Crippen molar-refractivity contribution in [1.82, 2.24) is 5.32 Å². The molecule has 20 heavy (non-hydrogen) atoms. The molecule has 1 aromatic rings. The Bertz CT molecular complexity index is 414. The number of carbonyl (C=O) groups is 1. The number of hydrogen-bond acceptors (Lipinski definition) is 3. The summed E-state index contributed by atoms with van der Waals surface area (Å²) in [6, 6.07) is 7.45. The van der Waals surface area contributed by atoms with Crippen molar-refractivity contribution in [3.63, 3.8) is 0 Å². The van der Waals surface area contributed by atoms with Gasteiger partial charge in [-0.05, 0) is 57.5 Å². The van der Waals surface area contributed by atoms with Crippen LogP contribution in [0.3, 0.4) is 0 Å². The summed E-state index contributed by atoms with van der Waals surface area (Å²) < 4.78 is 5.57. The number of rotatable bonds is 4. The third-order valence-electron chi connectivity index (χ3n) is 3.12. The van der Waals surface area contributed by atoms with Crippen LogP contribution in [-0.4, -0.2) is 24.6 Å². The maximum Gasteiger partial charge on any atom is 0.241 e. The van der Waals surface area contributed by atoms with E-state index in [9.17, 15) is 4.79 Å². The van der Waals surface area contributed by atoms with Gasteiger partial charge in [-0.15, -0.1) is 12.4 Å². The molecule has 1 heterocycles. The average molecular weight is 299 g/mol. The highest BCUT2D eigenvalue weighted by Crippen LogP contribution is 2.17. The van der Waals surface area contributed by atoms with E-state index in [0.29, 0.717) is 0 Å². The van der Waals surface area contributed by atoms with Gasteiger partial charge in [0, 0.05) is 5.69 Å². The molecule has 0 unspecified atom stereocenters. The first-order valence-corrected chi connectivity index (χ1v) is 6.96. The molecule has 1 aliphatic heterocycles. The number of amides is 1. The lowest BCUT2D eigenvalue weighted by Gasteiger charge is -2.22. The smallest absolute Gasteiger partial charge is 0.241 e. The van der Waals surface area contributed by atoms with Gasteiger partial charge < -0.3 is 15.4 Å². The quantitative estimate of drug-likeness (QED) is 0.898. The molecule has 2 rings (SSSR count). The van der Waals surface area contributed by atoms with Crippen molar-refractivity contribution in [1.29, 1.82) is 0 Å². The molecule has 0 aliphatic carbocycles. The number of benzene rings is 1. The lowest BCUT2D eigenvalue weighted by molar-refractivity contribution is -0.118. The van der Waals surface area contributed by atoms with Crippen molar-refractivity contribution in [3.05, 3.63) is 24.3 Å². The summed E-state index contributed by atoms with van der Waals surface area (Å²) in [6.45, 7) is 4.91. The molecule has 4 nitrogen and oxygen atoms in total. The second kappa shape index (κ2) is 8.12. The summed E-state index contributed by atoms with van der Waals surface area (Å²) in [5.41, 5.74) is 0.813. The zero-order valence-electron chi connectivity index (χ0n) is 12.0. The van der Waals surface area contributed by atoms with Gasteiger partial charge in [0.2, 0.25) is 5.91 Å². The van der Waals surface area contributed by atoms with Crippen LogP contribution >= 0.6 is 12.4 Å². The van der Waals surface area contributed by atoms with Crippen molar-refractivity contribution in [3.8, 4) is 5.75 Å². The van der Waals surface area contributed by atoms with Crippen LogP contribution in [0.4, 0.5) is 5.69 Å². The molecule has 1 aromatic carbocycles. The van der Waals surface area contributed by atoms with Gasteiger partial charge in [0.15, 0.2) is 0 Å². The van der Waals surface area contributed by atoms with Gasteiger partial charge in [-0.2, -0.15) is 0 Å². The maximum absolute atomic E-state index is 12.0.